The molecule has 124 valence electrons. The van der Waals surface area contributed by atoms with E-state index in [1.807, 2.05) is 0 Å². The highest BCUT2D eigenvalue weighted by Gasteiger charge is 2.53. The van der Waals surface area contributed by atoms with E-state index >= 15 is 0 Å². The molecule has 22 heavy (non-hydrogen) atoms. The van der Waals surface area contributed by atoms with Crippen molar-refractivity contribution in [3.05, 3.63) is 0 Å². The van der Waals surface area contributed by atoms with Crippen molar-refractivity contribution >= 4 is 0 Å². The molecule has 5 aliphatic carbocycles. The maximum absolute atomic E-state index is 1.67. The third-order valence-corrected chi connectivity index (χ3v) is 9.17. The number of fused-ring (bicyclic) bond motifs is 7. The molecule has 5 saturated carbocycles. The summed E-state index contributed by atoms with van der Waals surface area (Å²) < 4.78 is 0. The summed E-state index contributed by atoms with van der Waals surface area (Å²) in [6.45, 7) is 0. The van der Waals surface area contributed by atoms with Crippen molar-refractivity contribution in [1.82, 2.24) is 0 Å². The van der Waals surface area contributed by atoms with E-state index in [1.54, 1.807) is 89.9 Å². The minimum Gasteiger partial charge on any atom is -0.0530 e. The first-order valence-corrected chi connectivity index (χ1v) is 10.9. The van der Waals surface area contributed by atoms with Crippen LogP contribution in [0.1, 0.15) is 89.9 Å². The maximum Gasteiger partial charge on any atom is -0.0349 e. The zero-order valence-electron chi connectivity index (χ0n) is 14.5. The van der Waals surface area contributed by atoms with Gasteiger partial charge in [-0.1, -0.05) is 51.4 Å². The first-order valence-electron chi connectivity index (χ1n) is 10.9. The van der Waals surface area contributed by atoms with Crippen molar-refractivity contribution in [1.29, 1.82) is 0 Å². The van der Waals surface area contributed by atoms with E-state index in [9.17, 15) is 0 Å². The number of hydrogen-bond acceptors (Lipinski definition) is 0. The fourth-order valence-electron chi connectivity index (χ4n) is 8.44. The minimum absolute atomic E-state index is 1.15. The summed E-state index contributed by atoms with van der Waals surface area (Å²) in [5, 5.41) is 0. The predicted octanol–water partition coefficient (Wildman–Crippen LogP) is 6.45. The van der Waals surface area contributed by atoms with Gasteiger partial charge in [0.25, 0.3) is 0 Å². The van der Waals surface area contributed by atoms with E-state index in [0.717, 1.165) is 11.8 Å². The van der Waals surface area contributed by atoms with Crippen LogP contribution in [0.25, 0.3) is 0 Å². The van der Waals surface area contributed by atoms with Crippen LogP contribution in [-0.4, -0.2) is 0 Å². The van der Waals surface area contributed by atoms with Gasteiger partial charge in [0.05, 0.1) is 0 Å². The van der Waals surface area contributed by atoms with Gasteiger partial charge in [0.1, 0.15) is 0 Å². The standard InChI is InChI=1S/C22H36/c1-2-8-16-14-22-20-12-6-4-10-18(20)17-9-3-5-11-19(17)21(22)13-15(16)7-1/h15-22H,1-14H2/t15-,16+,17-,18+,19-,20+,21-,22+. The second-order valence-corrected chi connectivity index (χ2v) is 9.83. The van der Waals surface area contributed by atoms with Gasteiger partial charge in [0.15, 0.2) is 0 Å². The lowest BCUT2D eigenvalue weighted by Crippen LogP contribution is -2.52. The molecule has 0 saturated heterocycles. The normalized spacial score (nSPS) is 54.5. The van der Waals surface area contributed by atoms with Crippen molar-refractivity contribution in [2.45, 2.75) is 89.9 Å². The van der Waals surface area contributed by atoms with Crippen LogP contribution in [0.5, 0.6) is 0 Å². The first kappa shape index (κ1) is 14.4. The van der Waals surface area contributed by atoms with Crippen LogP contribution in [0.4, 0.5) is 0 Å². The van der Waals surface area contributed by atoms with Crippen molar-refractivity contribution < 1.29 is 0 Å². The lowest BCUT2D eigenvalue weighted by atomic mass is 9.45. The Morgan fingerprint density at radius 1 is 0.318 bits per heavy atom. The molecule has 0 aromatic rings. The lowest BCUT2D eigenvalue weighted by molar-refractivity contribution is -0.105. The fraction of sp³-hybridized carbons (Fsp3) is 1.00. The second kappa shape index (κ2) is 5.82. The third-order valence-electron chi connectivity index (χ3n) is 9.17. The quantitative estimate of drug-likeness (QED) is 0.482. The molecular weight excluding hydrogens is 264 g/mol. The van der Waals surface area contributed by atoms with Gasteiger partial charge in [-0.3, -0.25) is 0 Å². The highest BCUT2D eigenvalue weighted by atomic mass is 14.6. The Kier molecular flexibility index (Phi) is 3.79. The van der Waals surface area contributed by atoms with Gasteiger partial charge in [-0.05, 0) is 85.9 Å². The average Bonchev–Trinajstić information content (AvgIpc) is 2.61. The van der Waals surface area contributed by atoms with Gasteiger partial charge < -0.3 is 0 Å². The molecule has 0 amide bonds. The van der Waals surface area contributed by atoms with Gasteiger partial charge in [0.2, 0.25) is 0 Å². The van der Waals surface area contributed by atoms with Crippen LogP contribution in [0.15, 0.2) is 0 Å². The Balaban J connectivity index is 1.45. The molecule has 0 aliphatic heterocycles. The molecule has 0 nitrogen and oxygen atoms in total. The first-order chi connectivity index (χ1) is 10.9. The molecule has 8 atom stereocenters. The fourth-order valence-corrected chi connectivity index (χ4v) is 8.44. The molecule has 0 unspecified atom stereocenters. The second-order valence-electron chi connectivity index (χ2n) is 9.83. The van der Waals surface area contributed by atoms with Crippen molar-refractivity contribution in [3.63, 3.8) is 0 Å². The summed E-state index contributed by atoms with van der Waals surface area (Å²) >= 11 is 0. The summed E-state index contributed by atoms with van der Waals surface area (Å²) in [5.41, 5.74) is 0. The summed E-state index contributed by atoms with van der Waals surface area (Å²) in [6, 6.07) is 0. The monoisotopic (exact) mass is 300 g/mol. The summed E-state index contributed by atoms with van der Waals surface area (Å²) in [5.74, 6) is 9.31. The van der Waals surface area contributed by atoms with Crippen LogP contribution in [0.3, 0.4) is 0 Å². The van der Waals surface area contributed by atoms with E-state index in [1.165, 1.54) is 35.5 Å². The Labute approximate surface area is 137 Å². The highest BCUT2D eigenvalue weighted by Crippen LogP contribution is 2.62. The summed E-state index contributed by atoms with van der Waals surface area (Å²) in [7, 11) is 0. The van der Waals surface area contributed by atoms with Gasteiger partial charge in [0, 0.05) is 0 Å². The lowest BCUT2D eigenvalue weighted by Gasteiger charge is -2.60. The molecule has 0 aromatic carbocycles. The molecule has 0 heteroatoms. The van der Waals surface area contributed by atoms with Gasteiger partial charge >= 0.3 is 0 Å². The molecule has 5 aliphatic rings. The van der Waals surface area contributed by atoms with E-state index in [2.05, 4.69) is 0 Å². The van der Waals surface area contributed by atoms with Crippen LogP contribution >= 0.6 is 0 Å². The van der Waals surface area contributed by atoms with Crippen LogP contribution in [0, 0.1) is 47.3 Å². The largest absolute Gasteiger partial charge is 0.0530 e. The Hall–Kier alpha value is 0. The van der Waals surface area contributed by atoms with Crippen LogP contribution < -0.4 is 0 Å². The third kappa shape index (κ3) is 2.22. The summed E-state index contributed by atoms with van der Waals surface area (Å²) in [4.78, 5) is 0. The topological polar surface area (TPSA) is 0 Å². The molecule has 0 heterocycles. The van der Waals surface area contributed by atoms with Crippen LogP contribution in [-0.2, 0) is 0 Å². The Morgan fingerprint density at radius 2 is 0.636 bits per heavy atom. The van der Waals surface area contributed by atoms with E-state index in [-0.39, 0.29) is 0 Å². The van der Waals surface area contributed by atoms with Crippen molar-refractivity contribution in [3.8, 4) is 0 Å². The average molecular weight is 301 g/mol. The van der Waals surface area contributed by atoms with Crippen LogP contribution in [0.2, 0.25) is 0 Å². The zero-order valence-corrected chi connectivity index (χ0v) is 14.5. The molecule has 5 rings (SSSR count). The summed E-state index contributed by atoms with van der Waals surface area (Å²) in [6.07, 6.45) is 22.4. The van der Waals surface area contributed by atoms with E-state index in [4.69, 9.17) is 0 Å². The van der Waals surface area contributed by atoms with E-state index in [0.29, 0.717) is 0 Å². The predicted molar refractivity (Wildman–Crippen MR) is 92.6 cm³/mol. The number of hydrogen-bond donors (Lipinski definition) is 0. The number of rotatable bonds is 0. The zero-order chi connectivity index (χ0) is 14.5. The van der Waals surface area contributed by atoms with Crippen molar-refractivity contribution in [2.75, 3.05) is 0 Å². The SMILES string of the molecule is C1CC[C@H]2C[C@H]3[C@H]4CCCC[C@H]4[C@H]4CCCC[C@H]4[C@H]3C[C@H]2C1. The van der Waals surface area contributed by atoms with Gasteiger partial charge in [-0.15, -0.1) is 0 Å². The molecule has 0 aromatic heterocycles. The molecule has 0 N–H and O–H groups in total. The van der Waals surface area contributed by atoms with E-state index < -0.39 is 0 Å². The molecule has 0 bridgehead atoms. The van der Waals surface area contributed by atoms with Gasteiger partial charge in [-0.25, -0.2) is 0 Å². The van der Waals surface area contributed by atoms with Crippen molar-refractivity contribution in [2.24, 2.45) is 47.3 Å². The minimum atomic E-state index is 1.15. The molecular formula is C22H36. The Bertz CT molecular complexity index is 361. The smallest absolute Gasteiger partial charge is 0.0349 e. The Morgan fingerprint density at radius 3 is 1.05 bits per heavy atom. The highest BCUT2D eigenvalue weighted by molar-refractivity contribution is 5.03. The van der Waals surface area contributed by atoms with Gasteiger partial charge in [-0.2, -0.15) is 0 Å². The molecule has 0 spiro atoms. The molecule has 5 fully saturated rings. The maximum atomic E-state index is 1.67. The molecule has 0 radical (unpaired) electrons.